The minimum Gasteiger partial charge on any atom is -0.497 e. The molecule has 1 aliphatic heterocycles. The molecule has 0 radical (unpaired) electrons. The Morgan fingerprint density at radius 2 is 1.96 bits per heavy atom. The lowest BCUT2D eigenvalue weighted by atomic mass is 10.2. The summed E-state index contributed by atoms with van der Waals surface area (Å²) < 4.78 is 21.4. The largest absolute Gasteiger partial charge is 0.497 e. The highest BCUT2D eigenvalue weighted by atomic mass is 16.6. The summed E-state index contributed by atoms with van der Waals surface area (Å²) in [5, 5.41) is 2.67. The molecule has 0 spiro atoms. The molecule has 7 nitrogen and oxygen atoms in total. The SMILES string of the molecule is COc1cccc(C(=O)OCC(=O)NC[C@@H]2COc3ccccc3O2)c1. The first kappa shape index (κ1) is 17.6. The number of fused-ring (bicyclic) bond motifs is 1. The maximum atomic E-state index is 12.0. The van der Waals surface area contributed by atoms with Crippen molar-refractivity contribution in [2.45, 2.75) is 6.10 Å². The third kappa shape index (κ3) is 4.44. The zero-order valence-corrected chi connectivity index (χ0v) is 14.3. The molecule has 136 valence electrons. The van der Waals surface area contributed by atoms with Crippen molar-refractivity contribution in [1.82, 2.24) is 5.32 Å². The first-order valence-corrected chi connectivity index (χ1v) is 8.12. The van der Waals surface area contributed by atoms with Crippen LogP contribution in [0.25, 0.3) is 0 Å². The van der Waals surface area contributed by atoms with Crippen LogP contribution >= 0.6 is 0 Å². The third-order valence-electron chi connectivity index (χ3n) is 3.73. The van der Waals surface area contributed by atoms with E-state index in [1.165, 1.54) is 7.11 Å². The van der Waals surface area contributed by atoms with Gasteiger partial charge in [-0.05, 0) is 30.3 Å². The first-order valence-electron chi connectivity index (χ1n) is 8.12. The summed E-state index contributed by atoms with van der Waals surface area (Å²) in [6, 6.07) is 13.9. The van der Waals surface area contributed by atoms with Crippen LogP contribution in [0.3, 0.4) is 0 Å². The highest BCUT2D eigenvalue weighted by Gasteiger charge is 2.21. The zero-order valence-electron chi connectivity index (χ0n) is 14.3. The summed E-state index contributed by atoms with van der Waals surface area (Å²) in [6.07, 6.45) is -0.303. The second-order valence-electron chi connectivity index (χ2n) is 5.61. The van der Waals surface area contributed by atoms with Crippen LogP contribution in [-0.2, 0) is 9.53 Å². The Hall–Kier alpha value is -3.22. The van der Waals surface area contributed by atoms with Gasteiger partial charge < -0.3 is 24.3 Å². The number of hydrogen-bond acceptors (Lipinski definition) is 6. The van der Waals surface area contributed by atoms with Crippen LogP contribution in [0.15, 0.2) is 48.5 Å². The second-order valence-corrected chi connectivity index (χ2v) is 5.61. The Morgan fingerprint density at radius 1 is 1.15 bits per heavy atom. The molecule has 7 heteroatoms. The lowest BCUT2D eigenvalue weighted by Gasteiger charge is -2.26. The van der Waals surface area contributed by atoms with Gasteiger partial charge >= 0.3 is 5.97 Å². The maximum absolute atomic E-state index is 12.0. The number of ether oxygens (including phenoxy) is 4. The smallest absolute Gasteiger partial charge is 0.338 e. The number of para-hydroxylation sites is 2. The summed E-state index contributed by atoms with van der Waals surface area (Å²) in [6.45, 7) is 0.213. The van der Waals surface area contributed by atoms with Crippen molar-refractivity contribution >= 4 is 11.9 Å². The van der Waals surface area contributed by atoms with E-state index in [9.17, 15) is 9.59 Å². The van der Waals surface area contributed by atoms with Gasteiger partial charge in [0.25, 0.3) is 5.91 Å². The van der Waals surface area contributed by atoms with Crippen molar-refractivity contribution in [2.24, 2.45) is 0 Å². The van der Waals surface area contributed by atoms with Gasteiger partial charge in [-0.3, -0.25) is 4.79 Å². The van der Waals surface area contributed by atoms with Crippen LogP contribution in [0.1, 0.15) is 10.4 Å². The molecule has 3 rings (SSSR count). The number of hydrogen-bond donors (Lipinski definition) is 1. The van der Waals surface area contributed by atoms with E-state index in [4.69, 9.17) is 18.9 Å². The average molecular weight is 357 g/mol. The Labute approximate surface area is 150 Å². The Kier molecular flexibility index (Phi) is 5.58. The van der Waals surface area contributed by atoms with Crippen molar-refractivity contribution in [3.8, 4) is 17.2 Å². The summed E-state index contributed by atoms with van der Waals surface area (Å²) in [5.74, 6) is 0.859. The average Bonchev–Trinajstić information content (AvgIpc) is 2.70. The predicted octanol–water partition coefficient (Wildman–Crippen LogP) is 1.81. The zero-order chi connectivity index (χ0) is 18.4. The molecule has 0 saturated carbocycles. The molecule has 1 atom stereocenters. The van der Waals surface area contributed by atoms with E-state index in [1.807, 2.05) is 18.2 Å². The summed E-state index contributed by atoms with van der Waals surface area (Å²) >= 11 is 0. The van der Waals surface area contributed by atoms with Crippen molar-refractivity contribution in [3.63, 3.8) is 0 Å². The summed E-state index contributed by atoms with van der Waals surface area (Å²) in [7, 11) is 1.51. The number of amides is 1. The van der Waals surface area contributed by atoms with Gasteiger partial charge in [0.2, 0.25) is 0 Å². The minimum absolute atomic E-state index is 0.254. The Bertz CT molecular complexity index is 791. The number of methoxy groups -OCH3 is 1. The molecule has 0 saturated heterocycles. The number of benzene rings is 2. The molecule has 0 bridgehead atoms. The highest BCUT2D eigenvalue weighted by molar-refractivity contribution is 5.91. The fraction of sp³-hybridized carbons (Fsp3) is 0.263. The summed E-state index contributed by atoms with van der Waals surface area (Å²) in [5.41, 5.74) is 0.317. The van der Waals surface area contributed by atoms with Gasteiger partial charge in [0.15, 0.2) is 18.1 Å². The molecule has 0 unspecified atom stereocenters. The van der Waals surface area contributed by atoms with Crippen molar-refractivity contribution in [3.05, 3.63) is 54.1 Å². The van der Waals surface area contributed by atoms with Gasteiger partial charge in [0.05, 0.1) is 19.2 Å². The molecular weight excluding hydrogens is 338 g/mol. The topological polar surface area (TPSA) is 83.1 Å². The molecule has 0 aromatic heterocycles. The quantitative estimate of drug-likeness (QED) is 0.794. The monoisotopic (exact) mass is 357 g/mol. The van der Waals surface area contributed by atoms with Crippen LogP contribution in [0, 0.1) is 0 Å². The van der Waals surface area contributed by atoms with E-state index in [1.54, 1.807) is 30.3 Å². The molecule has 0 aliphatic carbocycles. The molecule has 2 aromatic carbocycles. The molecule has 2 aromatic rings. The normalized spacial score (nSPS) is 15.0. The van der Waals surface area contributed by atoms with E-state index in [-0.39, 0.29) is 19.3 Å². The van der Waals surface area contributed by atoms with Crippen LogP contribution in [0.5, 0.6) is 17.2 Å². The number of esters is 1. The highest BCUT2D eigenvalue weighted by Crippen LogP contribution is 2.30. The van der Waals surface area contributed by atoms with Gasteiger partial charge in [-0.1, -0.05) is 18.2 Å². The van der Waals surface area contributed by atoms with Crippen molar-refractivity contribution < 1.29 is 28.5 Å². The molecule has 1 aliphatic rings. The maximum Gasteiger partial charge on any atom is 0.338 e. The van der Waals surface area contributed by atoms with E-state index in [2.05, 4.69) is 5.32 Å². The fourth-order valence-corrected chi connectivity index (χ4v) is 2.41. The first-order chi connectivity index (χ1) is 12.7. The minimum atomic E-state index is -0.592. The van der Waals surface area contributed by atoms with E-state index in [0.29, 0.717) is 29.4 Å². The number of carbonyl (C=O) groups excluding carboxylic acids is 2. The van der Waals surface area contributed by atoms with Gasteiger partial charge in [0.1, 0.15) is 18.5 Å². The molecular formula is C19H19NO6. The lowest BCUT2D eigenvalue weighted by Crippen LogP contribution is -2.42. The van der Waals surface area contributed by atoms with Crippen LogP contribution in [-0.4, -0.2) is 44.8 Å². The number of nitrogens with one attached hydrogen (secondary N) is 1. The lowest BCUT2D eigenvalue weighted by molar-refractivity contribution is -0.124. The Balaban J connectivity index is 1.42. The van der Waals surface area contributed by atoms with E-state index < -0.39 is 11.9 Å². The van der Waals surface area contributed by atoms with Crippen molar-refractivity contribution in [1.29, 1.82) is 0 Å². The van der Waals surface area contributed by atoms with Gasteiger partial charge in [-0.25, -0.2) is 4.79 Å². The molecule has 1 amide bonds. The standard InChI is InChI=1S/C19H19NO6/c1-23-14-6-4-5-13(9-14)19(22)25-12-18(21)20-10-15-11-24-16-7-2-3-8-17(16)26-15/h2-9,15H,10-12H2,1H3,(H,20,21)/t15-/m1/s1. The van der Waals surface area contributed by atoms with Crippen LogP contribution in [0.2, 0.25) is 0 Å². The van der Waals surface area contributed by atoms with E-state index in [0.717, 1.165) is 0 Å². The second kappa shape index (κ2) is 8.24. The molecule has 26 heavy (non-hydrogen) atoms. The molecule has 0 fully saturated rings. The van der Waals surface area contributed by atoms with Gasteiger partial charge in [-0.2, -0.15) is 0 Å². The number of rotatable bonds is 6. The predicted molar refractivity (Wildman–Crippen MR) is 92.6 cm³/mol. The molecule has 1 N–H and O–H groups in total. The van der Waals surface area contributed by atoms with Crippen LogP contribution in [0.4, 0.5) is 0 Å². The molecule has 1 heterocycles. The van der Waals surface area contributed by atoms with Crippen molar-refractivity contribution in [2.75, 3.05) is 26.9 Å². The summed E-state index contributed by atoms with van der Waals surface area (Å²) in [4.78, 5) is 23.8. The van der Waals surface area contributed by atoms with Crippen LogP contribution < -0.4 is 19.5 Å². The van der Waals surface area contributed by atoms with Gasteiger partial charge in [-0.15, -0.1) is 0 Å². The Morgan fingerprint density at radius 3 is 2.77 bits per heavy atom. The number of carbonyl (C=O) groups is 2. The third-order valence-corrected chi connectivity index (χ3v) is 3.73. The van der Waals surface area contributed by atoms with Gasteiger partial charge in [0, 0.05) is 0 Å². The van der Waals surface area contributed by atoms with E-state index >= 15 is 0 Å². The fourth-order valence-electron chi connectivity index (χ4n) is 2.41.